The van der Waals surface area contributed by atoms with Crippen LogP contribution in [0.5, 0.6) is 11.5 Å². The van der Waals surface area contributed by atoms with Gasteiger partial charge < -0.3 is 14.8 Å². The number of benzene rings is 2. The van der Waals surface area contributed by atoms with Gasteiger partial charge in [-0.25, -0.2) is 9.55 Å². The van der Waals surface area contributed by atoms with Gasteiger partial charge in [0, 0.05) is 25.1 Å². The molecule has 0 radical (unpaired) electrons. The lowest BCUT2D eigenvalue weighted by Gasteiger charge is -2.19. The highest BCUT2D eigenvalue weighted by Crippen LogP contribution is 2.25. The van der Waals surface area contributed by atoms with Crippen LogP contribution in [-0.4, -0.2) is 36.2 Å². The van der Waals surface area contributed by atoms with Crippen molar-refractivity contribution in [2.24, 2.45) is 0 Å². The number of nitrogens with zero attached hydrogens (tertiary/aromatic N) is 2. The van der Waals surface area contributed by atoms with Gasteiger partial charge in [0.25, 0.3) is 11.5 Å². The fraction of sp³-hybridized carbons (Fsp3) is 0.211. The standard InChI is InChI=1S/C19H17N3O4/c1-25-11-3-5-13-15(9-11)20-8-7-17-21-16-10-12(26-2)4-6-14(16)19(24)22(17)18(13)23/h3-6,9-10,20H,7-8H2,1-2H3. The van der Waals surface area contributed by atoms with Gasteiger partial charge in [0.15, 0.2) is 0 Å². The highest BCUT2D eigenvalue weighted by atomic mass is 16.5. The molecule has 2 heterocycles. The summed E-state index contributed by atoms with van der Waals surface area (Å²) in [6.07, 6.45) is 0.435. The smallest absolute Gasteiger partial charge is 0.268 e. The Morgan fingerprint density at radius 2 is 1.77 bits per heavy atom. The second kappa shape index (κ2) is 6.18. The van der Waals surface area contributed by atoms with Crippen molar-refractivity contribution in [3.8, 4) is 11.5 Å². The van der Waals surface area contributed by atoms with Gasteiger partial charge in [-0.05, 0) is 24.3 Å². The van der Waals surface area contributed by atoms with Crippen LogP contribution in [0.25, 0.3) is 10.9 Å². The molecular weight excluding hydrogens is 334 g/mol. The molecule has 2 aromatic carbocycles. The highest BCUT2D eigenvalue weighted by molar-refractivity contribution is 6.02. The van der Waals surface area contributed by atoms with Crippen molar-refractivity contribution in [2.75, 3.05) is 26.1 Å². The first-order valence-corrected chi connectivity index (χ1v) is 8.18. The van der Waals surface area contributed by atoms with Crippen molar-refractivity contribution >= 4 is 22.5 Å². The van der Waals surface area contributed by atoms with Crippen LogP contribution in [0, 0.1) is 0 Å². The lowest BCUT2D eigenvalue weighted by Crippen LogP contribution is -2.34. The van der Waals surface area contributed by atoms with Gasteiger partial charge in [-0.3, -0.25) is 9.59 Å². The van der Waals surface area contributed by atoms with Crippen molar-refractivity contribution in [1.82, 2.24) is 9.55 Å². The van der Waals surface area contributed by atoms with E-state index in [1.54, 1.807) is 50.6 Å². The Bertz CT molecular complexity index is 1090. The third-order valence-electron chi connectivity index (χ3n) is 4.47. The van der Waals surface area contributed by atoms with Crippen LogP contribution < -0.4 is 20.3 Å². The number of carbonyl (C=O) groups excluding carboxylic acids is 1. The van der Waals surface area contributed by atoms with Crippen LogP contribution in [-0.2, 0) is 6.42 Å². The SMILES string of the molecule is COc1ccc2c(c1)NCCc1nc3cc(OC)ccc3c(=O)n1C2=O. The molecular formula is C19H17N3O4. The van der Waals surface area contributed by atoms with E-state index in [0.717, 1.165) is 0 Å². The maximum absolute atomic E-state index is 13.1. The average molecular weight is 351 g/mol. The van der Waals surface area contributed by atoms with E-state index in [1.165, 1.54) is 4.57 Å². The summed E-state index contributed by atoms with van der Waals surface area (Å²) in [7, 11) is 3.12. The molecule has 132 valence electrons. The summed E-state index contributed by atoms with van der Waals surface area (Å²) in [6, 6.07) is 10.1. The van der Waals surface area contributed by atoms with Crippen molar-refractivity contribution in [3.63, 3.8) is 0 Å². The van der Waals surface area contributed by atoms with Gasteiger partial charge in [-0.15, -0.1) is 0 Å². The van der Waals surface area contributed by atoms with Gasteiger partial charge in [-0.1, -0.05) is 0 Å². The lowest BCUT2D eigenvalue weighted by molar-refractivity contribution is 0.0952. The fourth-order valence-corrected chi connectivity index (χ4v) is 3.13. The molecule has 0 unspecified atom stereocenters. The molecule has 1 N–H and O–H groups in total. The second-order valence-corrected chi connectivity index (χ2v) is 5.95. The predicted molar refractivity (Wildman–Crippen MR) is 97.5 cm³/mol. The van der Waals surface area contributed by atoms with Crippen LogP contribution in [0.4, 0.5) is 5.69 Å². The number of hydrogen-bond donors (Lipinski definition) is 1. The monoisotopic (exact) mass is 351 g/mol. The quantitative estimate of drug-likeness (QED) is 0.761. The zero-order valence-electron chi connectivity index (χ0n) is 14.4. The maximum Gasteiger partial charge on any atom is 0.268 e. The molecule has 26 heavy (non-hydrogen) atoms. The molecule has 0 saturated carbocycles. The van der Waals surface area contributed by atoms with Crippen molar-refractivity contribution in [3.05, 3.63) is 58.1 Å². The molecule has 1 aliphatic rings. The van der Waals surface area contributed by atoms with Gasteiger partial charge in [0.05, 0.1) is 36.4 Å². The lowest BCUT2D eigenvalue weighted by atomic mass is 10.1. The summed E-state index contributed by atoms with van der Waals surface area (Å²) in [6.45, 7) is 0.537. The van der Waals surface area contributed by atoms with E-state index in [0.29, 0.717) is 52.4 Å². The van der Waals surface area contributed by atoms with Crippen LogP contribution in [0.2, 0.25) is 0 Å². The van der Waals surface area contributed by atoms with Gasteiger partial charge in [0.2, 0.25) is 0 Å². The summed E-state index contributed by atoms with van der Waals surface area (Å²) in [4.78, 5) is 30.6. The van der Waals surface area contributed by atoms with Crippen LogP contribution in [0.3, 0.4) is 0 Å². The zero-order valence-corrected chi connectivity index (χ0v) is 14.4. The molecule has 1 aliphatic heterocycles. The number of aromatic nitrogens is 2. The number of ether oxygens (including phenoxy) is 2. The zero-order chi connectivity index (χ0) is 18.3. The molecule has 0 fully saturated rings. The number of fused-ring (bicyclic) bond motifs is 3. The third kappa shape index (κ3) is 2.48. The minimum Gasteiger partial charge on any atom is -0.497 e. The van der Waals surface area contributed by atoms with Gasteiger partial charge in [-0.2, -0.15) is 0 Å². The summed E-state index contributed by atoms with van der Waals surface area (Å²) in [5, 5.41) is 3.60. The number of nitrogens with one attached hydrogen (secondary N) is 1. The number of methoxy groups -OCH3 is 2. The fourth-order valence-electron chi connectivity index (χ4n) is 3.13. The molecule has 0 atom stereocenters. The molecule has 7 nitrogen and oxygen atoms in total. The molecule has 0 bridgehead atoms. The van der Waals surface area contributed by atoms with E-state index in [4.69, 9.17) is 9.47 Å². The largest absolute Gasteiger partial charge is 0.497 e. The van der Waals surface area contributed by atoms with E-state index in [1.807, 2.05) is 0 Å². The third-order valence-corrected chi connectivity index (χ3v) is 4.47. The van der Waals surface area contributed by atoms with Crippen molar-refractivity contribution in [2.45, 2.75) is 6.42 Å². The van der Waals surface area contributed by atoms with Crippen LogP contribution >= 0.6 is 0 Å². The minimum absolute atomic E-state index is 0.374. The number of rotatable bonds is 2. The topological polar surface area (TPSA) is 82.4 Å². The molecule has 0 amide bonds. The Morgan fingerprint density at radius 1 is 1.04 bits per heavy atom. The maximum atomic E-state index is 13.1. The normalized spacial score (nSPS) is 13.2. The first-order chi connectivity index (χ1) is 12.6. The summed E-state index contributed by atoms with van der Waals surface area (Å²) >= 11 is 0. The molecule has 0 spiro atoms. The number of hydrogen-bond acceptors (Lipinski definition) is 6. The Morgan fingerprint density at radius 3 is 2.54 bits per heavy atom. The van der Waals surface area contributed by atoms with Crippen LogP contribution in [0.15, 0.2) is 41.2 Å². The number of carbonyl (C=O) groups is 1. The van der Waals surface area contributed by atoms with E-state index < -0.39 is 5.91 Å². The molecule has 1 aromatic heterocycles. The predicted octanol–water partition coefficient (Wildman–Crippen LogP) is 2.07. The molecule has 7 heteroatoms. The molecule has 0 saturated heterocycles. The van der Waals surface area contributed by atoms with E-state index >= 15 is 0 Å². The Balaban J connectivity index is 1.95. The number of anilines is 1. The summed E-state index contributed by atoms with van der Waals surface area (Å²) in [5.74, 6) is 1.28. The summed E-state index contributed by atoms with van der Waals surface area (Å²) in [5.41, 5.74) is 1.19. The van der Waals surface area contributed by atoms with E-state index in [9.17, 15) is 9.59 Å². The first kappa shape index (κ1) is 16.1. The first-order valence-electron chi connectivity index (χ1n) is 8.18. The average Bonchev–Trinajstić information content (AvgIpc) is 2.66. The second-order valence-electron chi connectivity index (χ2n) is 5.95. The summed E-state index contributed by atoms with van der Waals surface area (Å²) < 4.78 is 11.6. The molecule has 0 aliphatic carbocycles. The Hall–Kier alpha value is -3.35. The van der Waals surface area contributed by atoms with Gasteiger partial charge in [0.1, 0.15) is 17.3 Å². The van der Waals surface area contributed by atoms with E-state index in [2.05, 4.69) is 10.3 Å². The van der Waals surface area contributed by atoms with Crippen molar-refractivity contribution < 1.29 is 14.3 Å². The Kier molecular flexibility index (Phi) is 3.84. The van der Waals surface area contributed by atoms with Gasteiger partial charge >= 0.3 is 0 Å². The van der Waals surface area contributed by atoms with Crippen LogP contribution in [0.1, 0.15) is 16.2 Å². The highest BCUT2D eigenvalue weighted by Gasteiger charge is 2.23. The van der Waals surface area contributed by atoms with E-state index in [-0.39, 0.29) is 5.56 Å². The minimum atomic E-state index is -0.403. The molecule has 3 aromatic rings. The Labute approximate surface area is 149 Å². The molecule has 4 rings (SSSR count). The van der Waals surface area contributed by atoms with Crippen molar-refractivity contribution in [1.29, 1.82) is 0 Å².